The highest BCUT2D eigenvalue weighted by Crippen LogP contribution is 2.37. The van der Waals surface area contributed by atoms with Crippen LogP contribution < -0.4 is 10.2 Å². The van der Waals surface area contributed by atoms with Gasteiger partial charge in [0.25, 0.3) is 5.91 Å². The third-order valence-electron chi connectivity index (χ3n) is 3.87. The molecule has 2 heterocycles. The second-order valence-corrected chi connectivity index (χ2v) is 7.02. The van der Waals surface area contributed by atoms with Crippen molar-refractivity contribution < 1.29 is 9.53 Å². The van der Waals surface area contributed by atoms with E-state index < -0.39 is 0 Å². The van der Waals surface area contributed by atoms with Crippen LogP contribution in [-0.2, 0) is 0 Å². The summed E-state index contributed by atoms with van der Waals surface area (Å²) in [5.41, 5.74) is 4.58. The van der Waals surface area contributed by atoms with Crippen molar-refractivity contribution in [1.29, 1.82) is 0 Å². The number of ether oxygens (including phenoxy) is 1. The van der Waals surface area contributed by atoms with Crippen LogP contribution in [0.2, 0.25) is 5.02 Å². The SMILES string of the molecule is COc1ccc2c(Cl)c(C(=O)N/N=C/c3cnc4ccccc4n3)sc2c1. The number of methoxy groups -OCH3 is 1. The number of hydrazone groups is 1. The van der Waals surface area contributed by atoms with Gasteiger partial charge in [0.1, 0.15) is 16.3 Å². The zero-order valence-corrected chi connectivity index (χ0v) is 15.7. The lowest BCUT2D eigenvalue weighted by Gasteiger charge is -1.99. The highest BCUT2D eigenvalue weighted by Gasteiger charge is 2.17. The summed E-state index contributed by atoms with van der Waals surface area (Å²) >= 11 is 7.63. The van der Waals surface area contributed by atoms with Crippen molar-refractivity contribution in [3.05, 3.63) is 64.3 Å². The van der Waals surface area contributed by atoms with Gasteiger partial charge in [-0.25, -0.2) is 10.4 Å². The molecule has 6 nitrogen and oxygen atoms in total. The predicted octanol–water partition coefficient (Wildman–Crippen LogP) is 4.27. The summed E-state index contributed by atoms with van der Waals surface area (Å²) in [5.74, 6) is 0.324. The fourth-order valence-electron chi connectivity index (χ4n) is 2.56. The minimum absolute atomic E-state index is 0.384. The van der Waals surface area contributed by atoms with Crippen LogP contribution in [0.1, 0.15) is 15.4 Å². The van der Waals surface area contributed by atoms with Gasteiger partial charge < -0.3 is 4.74 Å². The first-order valence-electron chi connectivity index (χ1n) is 7.97. The molecule has 4 aromatic rings. The summed E-state index contributed by atoms with van der Waals surface area (Å²) in [4.78, 5) is 21.5. The largest absolute Gasteiger partial charge is 0.497 e. The molecule has 1 N–H and O–H groups in total. The number of hydrogen-bond acceptors (Lipinski definition) is 6. The number of carbonyl (C=O) groups is 1. The van der Waals surface area contributed by atoms with Crippen molar-refractivity contribution in [2.75, 3.05) is 7.11 Å². The number of hydrogen-bond donors (Lipinski definition) is 1. The average Bonchev–Trinajstić information content (AvgIpc) is 3.03. The lowest BCUT2D eigenvalue weighted by atomic mass is 10.2. The van der Waals surface area contributed by atoms with Crippen molar-refractivity contribution >= 4 is 56.2 Å². The van der Waals surface area contributed by atoms with E-state index in [4.69, 9.17) is 16.3 Å². The second kappa shape index (κ2) is 7.30. The van der Waals surface area contributed by atoms with Gasteiger partial charge in [0.05, 0.1) is 35.6 Å². The molecule has 0 bridgehead atoms. The molecule has 0 aliphatic heterocycles. The van der Waals surface area contributed by atoms with Crippen molar-refractivity contribution in [2.24, 2.45) is 5.10 Å². The van der Waals surface area contributed by atoms with Gasteiger partial charge in [-0.3, -0.25) is 9.78 Å². The van der Waals surface area contributed by atoms with Crippen LogP contribution in [-0.4, -0.2) is 29.2 Å². The molecule has 1 amide bonds. The van der Waals surface area contributed by atoms with Crippen LogP contribution >= 0.6 is 22.9 Å². The summed E-state index contributed by atoms with van der Waals surface area (Å²) in [6.45, 7) is 0. The van der Waals surface area contributed by atoms with Crippen molar-refractivity contribution in [2.45, 2.75) is 0 Å². The van der Waals surface area contributed by atoms with Gasteiger partial charge in [-0.1, -0.05) is 23.7 Å². The summed E-state index contributed by atoms with van der Waals surface area (Å²) < 4.78 is 6.07. The van der Waals surface area contributed by atoms with Crippen LogP contribution in [0.3, 0.4) is 0 Å². The van der Waals surface area contributed by atoms with Gasteiger partial charge in [-0.05, 0) is 30.3 Å². The molecule has 0 saturated heterocycles. The van der Waals surface area contributed by atoms with Crippen LogP contribution in [0.5, 0.6) is 5.75 Å². The van der Waals surface area contributed by atoms with E-state index in [2.05, 4.69) is 20.5 Å². The zero-order valence-electron chi connectivity index (χ0n) is 14.1. The van der Waals surface area contributed by atoms with Gasteiger partial charge in [0.2, 0.25) is 0 Å². The monoisotopic (exact) mass is 396 g/mol. The van der Waals surface area contributed by atoms with E-state index in [9.17, 15) is 4.79 Å². The predicted molar refractivity (Wildman–Crippen MR) is 108 cm³/mol. The van der Waals surface area contributed by atoms with E-state index in [1.807, 2.05) is 36.4 Å². The zero-order chi connectivity index (χ0) is 18.8. The highest BCUT2D eigenvalue weighted by atomic mass is 35.5. The van der Waals surface area contributed by atoms with E-state index in [-0.39, 0.29) is 5.91 Å². The molecule has 0 fully saturated rings. The highest BCUT2D eigenvalue weighted by molar-refractivity contribution is 7.21. The lowest BCUT2D eigenvalue weighted by molar-refractivity contribution is 0.0959. The lowest BCUT2D eigenvalue weighted by Crippen LogP contribution is -2.16. The van der Waals surface area contributed by atoms with Crippen LogP contribution in [0.25, 0.3) is 21.1 Å². The number of amides is 1. The summed E-state index contributed by atoms with van der Waals surface area (Å²) in [6.07, 6.45) is 3.04. The van der Waals surface area contributed by atoms with E-state index in [0.29, 0.717) is 21.3 Å². The Balaban J connectivity index is 1.53. The number of rotatable bonds is 4. The number of nitrogens with zero attached hydrogens (tertiary/aromatic N) is 3. The minimum atomic E-state index is -0.384. The molecule has 2 aromatic heterocycles. The first kappa shape index (κ1) is 17.4. The Morgan fingerprint density at radius 3 is 2.89 bits per heavy atom. The number of aromatic nitrogens is 2. The Hall–Kier alpha value is -3.03. The van der Waals surface area contributed by atoms with Gasteiger partial charge in [0.15, 0.2) is 0 Å². The Morgan fingerprint density at radius 1 is 1.26 bits per heavy atom. The number of halogens is 1. The van der Waals surface area contributed by atoms with Gasteiger partial charge >= 0.3 is 0 Å². The molecule has 0 atom stereocenters. The number of benzene rings is 2. The van der Waals surface area contributed by atoms with Gasteiger partial charge in [0, 0.05) is 10.1 Å². The van der Waals surface area contributed by atoms with Gasteiger partial charge in [-0.2, -0.15) is 5.10 Å². The Bertz CT molecular complexity index is 1190. The fourth-order valence-corrected chi connectivity index (χ4v) is 4.00. The number of carbonyl (C=O) groups excluding carboxylic acids is 1. The smallest absolute Gasteiger partial charge is 0.283 e. The maximum atomic E-state index is 12.4. The molecule has 0 radical (unpaired) electrons. The topological polar surface area (TPSA) is 76.5 Å². The van der Waals surface area contributed by atoms with E-state index in [1.54, 1.807) is 19.4 Å². The van der Waals surface area contributed by atoms with Gasteiger partial charge in [-0.15, -0.1) is 11.3 Å². The number of thiophene rings is 1. The number of nitrogens with one attached hydrogen (secondary N) is 1. The summed E-state index contributed by atoms with van der Waals surface area (Å²) in [7, 11) is 1.59. The molecular formula is C19H13ClN4O2S. The summed E-state index contributed by atoms with van der Waals surface area (Å²) in [6, 6.07) is 13.0. The van der Waals surface area contributed by atoms with Crippen LogP contribution in [0.15, 0.2) is 53.8 Å². The standard InChI is InChI=1S/C19H13ClN4O2S/c1-26-12-6-7-13-16(8-12)27-18(17(13)20)19(25)24-22-10-11-9-21-14-4-2-3-5-15(14)23-11/h2-10H,1H3,(H,24,25)/b22-10+. The molecule has 4 rings (SSSR count). The first-order valence-corrected chi connectivity index (χ1v) is 9.16. The molecule has 0 saturated carbocycles. The maximum absolute atomic E-state index is 12.4. The Labute approximate surface area is 163 Å². The second-order valence-electron chi connectivity index (χ2n) is 5.59. The molecule has 134 valence electrons. The fraction of sp³-hybridized carbons (Fsp3) is 0.0526. The third-order valence-corrected chi connectivity index (χ3v) is 5.53. The molecule has 0 unspecified atom stereocenters. The quantitative estimate of drug-likeness (QED) is 0.413. The van der Waals surface area contributed by atoms with Crippen molar-refractivity contribution in [3.63, 3.8) is 0 Å². The van der Waals surface area contributed by atoms with Crippen molar-refractivity contribution in [3.8, 4) is 5.75 Å². The number of para-hydroxylation sites is 2. The molecule has 0 spiro atoms. The van der Waals surface area contributed by atoms with E-state index in [0.717, 1.165) is 21.1 Å². The van der Waals surface area contributed by atoms with Crippen molar-refractivity contribution in [1.82, 2.24) is 15.4 Å². The molecule has 27 heavy (non-hydrogen) atoms. The third kappa shape index (κ3) is 3.47. The normalized spacial score (nSPS) is 11.3. The van der Waals surface area contributed by atoms with Crippen LogP contribution in [0, 0.1) is 0 Å². The average molecular weight is 397 g/mol. The van der Waals surface area contributed by atoms with E-state index >= 15 is 0 Å². The first-order chi connectivity index (χ1) is 13.2. The molecule has 0 aliphatic rings. The molecule has 2 aromatic carbocycles. The number of fused-ring (bicyclic) bond motifs is 2. The molecular weight excluding hydrogens is 384 g/mol. The molecule has 0 aliphatic carbocycles. The molecule has 8 heteroatoms. The Morgan fingerprint density at radius 2 is 2.07 bits per heavy atom. The minimum Gasteiger partial charge on any atom is -0.497 e. The van der Waals surface area contributed by atoms with E-state index in [1.165, 1.54) is 17.6 Å². The van der Waals surface area contributed by atoms with Crippen LogP contribution in [0.4, 0.5) is 0 Å². The maximum Gasteiger partial charge on any atom is 0.283 e. The summed E-state index contributed by atoms with van der Waals surface area (Å²) in [5, 5.41) is 5.17. The Kier molecular flexibility index (Phi) is 4.70.